The van der Waals surface area contributed by atoms with Gasteiger partial charge in [0.2, 0.25) is 10.0 Å². The molecule has 0 spiro atoms. The highest BCUT2D eigenvalue weighted by Gasteiger charge is 2.59. The molecule has 142 valence electrons. The van der Waals surface area contributed by atoms with Gasteiger partial charge in [0.15, 0.2) is 0 Å². The molecule has 1 aliphatic carbocycles. The third kappa shape index (κ3) is 3.44. The zero-order valence-electron chi connectivity index (χ0n) is 15.1. The quantitative estimate of drug-likeness (QED) is 0.857. The second-order valence-electron chi connectivity index (χ2n) is 7.39. The molecule has 2 saturated heterocycles. The first-order valence-electron chi connectivity index (χ1n) is 8.95. The monoisotopic (exact) mass is 386 g/mol. The first-order valence-corrected chi connectivity index (χ1v) is 10.4. The van der Waals surface area contributed by atoms with Crippen molar-refractivity contribution in [2.75, 3.05) is 6.54 Å². The number of aryl methyl sites for hydroxylation is 1. The number of ether oxygens (including phenoxy) is 1. The summed E-state index contributed by atoms with van der Waals surface area (Å²) in [4.78, 5) is 12.5. The van der Waals surface area contributed by atoms with Gasteiger partial charge < -0.3 is 10.1 Å². The van der Waals surface area contributed by atoms with Gasteiger partial charge in [-0.15, -0.1) is 0 Å². The lowest BCUT2D eigenvalue weighted by molar-refractivity contribution is 0.118. The van der Waals surface area contributed by atoms with Crippen molar-refractivity contribution >= 4 is 16.1 Å². The van der Waals surface area contributed by atoms with E-state index in [0.717, 1.165) is 11.1 Å². The lowest BCUT2D eigenvalue weighted by Gasteiger charge is -2.37. The fraction of sp³-hybridized carbons (Fsp3) is 0.350. The molecule has 7 heteroatoms. The molecule has 3 fully saturated rings. The van der Waals surface area contributed by atoms with E-state index >= 15 is 0 Å². The number of sulfonamides is 1. The molecule has 2 heterocycles. The Kier molecular flexibility index (Phi) is 4.44. The van der Waals surface area contributed by atoms with Crippen LogP contribution in [-0.4, -0.2) is 36.9 Å². The molecule has 2 aromatic rings. The average Bonchev–Trinajstić information content (AvgIpc) is 3.18. The van der Waals surface area contributed by atoms with Gasteiger partial charge in [0, 0.05) is 12.6 Å². The van der Waals surface area contributed by atoms with Gasteiger partial charge in [-0.05, 0) is 37.5 Å². The summed E-state index contributed by atoms with van der Waals surface area (Å²) >= 11 is 0. The number of carbonyl (C=O) groups is 1. The van der Waals surface area contributed by atoms with Crippen molar-refractivity contribution in [3.05, 3.63) is 65.7 Å². The van der Waals surface area contributed by atoms with E-state index in [4.69, 9.17) is 4.74 Å². The third-order valence-corrected chi connectivity index (χ3v) is 7.24. The van der Waals surface area contributed by atoms with Crippen molar-refractivity contribution in [2.24, 2.45) is 0 Å². The van der Waals surface area contributed by atoms with Crippen molar-refractivity contribution in [3.8, 4) is 0 Å². The molecular formula is C20H22N2O4S. The number of rotatable bonds is 5. The number of alkyl carbamates (subject to hydrolysis) is 1. The third-order valence-electron chi connectivity index (χ3n) is 5.33. The molecule has 0 aromatic heterocycles. The molecule has 0 atom stereocenters. The summed E-state index contributed by atoms with van der Waals surface area (Å²) in [5, 5.41) is 2.89. The van der Waals surface area contributed by atoms with Crippen LogP contribution in [0.5, 0.6) is 0 Å². The Morgan fingerprint density at radius 3 is 2.48 bits per heavy atom. The Morgan fingerprint density at radius 2 is 1.81 bits per heavy atom. The normalized spacial score (nSPS) is 24.3. The number of amides is 1. The van der Waals surface area contributed by atoms with E-state index in [1.807, 2.05) is 37.3 Å². The lowest BCUT2D eigenvalue weighted by Crippen LogP contribution is -2.55. The van der Waals surface area contributed by atoms with Crippen molar-refractivity contribution in [1.82, 2.24) is 9.62 Å². The van der Waals surface area contributed by atoms with E-state index in [-0.39, 0.29) is 19.2 Å². The molecule has 1 saturated carbocycles. The number of nitrogens with zero attached hydrogens (tertiary/aromatic N) is 1. The van der Waals surface area contributed by atoms with Gasteiger partial charge >= 0.3 is 6.09 Å². The van der Waals surface area contributed by atoms with E-state index in [2.05, 4.69) is 5.32 Å². The largest absolute Gasteiger partial charge is 0.445 e. The highest BCUT2D eigenvalue weighted by Crippen LogP contribution is 2.47. The van der Waals surface area contributed by atoms with E-state index in [1.165, 1.54) is 4.31 Å². The molecule has 0 radical (unpaired) electrons. The number of benzene rings is 2. The van der Waals surface area contributed by atoms with Crippen molar-refractivity contribution in [1.29, 1.82) is 0 Å². The minimum Gasteiger partial charge on any atom is -0.445 e. The van der Waals surface area contributed by atoms with E-state index < -0.39 is 21.7 Å². The van der Waals surface area contributed by atoms with Gasteiger partial charge in [-0.1, -0.05) is 48.0 Å². The summed E-state index contributed by atoms with van der Waals surface area (Å²) < 4.78 is 32.6. The molecule has 1 N–H and O–H groups in total. The number of nitrogens with one attached hydrogen (secondary N) is 1. The number of fused-ring (bicyclic) bond motifs is 1. The Bertz CT molecular complexity index is 936. The van der Waals surface area contributed by atoms with E-state index in [0.29, 0.717) is 17.7 Å². The maximum Gasteiger partial charge on any atom is 0.407 e. The van der Waals surface area contributed by atoms with E-state index in [1.54, 1.807) is 24.3 Å². The maximum absolute atomic E-state index is 12.9. The zero-order chi connectivity index (χ0) is 19.1. The Morgan fingerprint density at radius 1 is 1.15 bits per heavy atom. The van der Waals surface area contributed by atoms with Crippen LogP contribution in [0.4, 0.5) is 4.79 Å². The molecule has 27 heavy (non-hydrogen) atoms. The summed E-state index contributed by atoms with van der Waals surface area (Å²) in [5.74, 6) is 0. The van der Waals surface area contributed by atoms with Crippen molar-refractivity contribution in [2.45, 2.75) is 42.8 Å². The van der Waals surface area contributed by atoms with Crippen LogP contribution in [-0.2, 0) is 21.4 Å². The van der Waals surface area contributed by atoms with Gasteiger partial charge in [-0.2, -0.15) is 4.31 Å². The molecule has 1 amide bonds. The lowest BCUT2D eigenvalue weighted by atomic mass is 9.78. The molecule has 2 bridgehead atoms. The zero-order valence-corrected chi connectivity index (χ0v) is 15.9. The highest BCUT2D eigenvalue weighted by molar-refractivity contribution is 7.89. The number of carbonyl (C=O) groups excluding carboxylic acids is 1. The maximum atomic E-state index is 12.9. The standard InChI is InChI=1S/C20H22N2O4S/c1-15-7-9-18(10-8-15)27(24,25)22-14-20(11-17(22)12-20)21-19(23)26-13-16-5-3-2-4-6-16/h2-10,17H,11-14H2,1H3,(H,21,23). The fourth-order valence-electron chi connectivity index (χ4n) is 3.85. The number of hydrogen-bond acceptors (Lipinski definition) is 4. The van der Waals surface area contributed by atoms with Crippen LogP contribution in [0.2, 0.25) is 0 Å². The van der Waals surface area contributed by atoms with Crippen LogP contribution in [0.25, 0.3) is 0 Å². The second-order valence-corrected chi connectivity index (χ2v) is 9.28. The highest BCUT2D eigenvalue weighted by atomic mass is 32.2. The smallest absolute Gasteiger partial charge is 0.407 e. The minimum atomic E-state index is -3.55. The summed E-state index contributed by atoms with van der Waals surface area (Å²) in [6.07, 6.45) is 0.740. The Balaban J connectivity index is 1.38. The molecule has 2 aromatic carbocycles. The first kappa shape index (κ1) is 18.0. The van der Waals surface area contributed by atoms with Gasteiger partial charge in [-0.3, -0.25) is 0 Å². The predicted molar refractivity (Wildman–Crippen MR) is 101 cm³/mol. The van der Waals surface area contributed by atoms with Crippen LogP contribution in [0, 0.1) is 6.92 Å². The first-order chi connectivity index (χ1) is 12.9. The molecule has 3 aliphatic rings. The van der Waals surface area contributed by atoms with Gasteiger partial charge in [-0.25, -0.2) is 13.2 Å². The van der Waals surface area contributed by atoms with Gasteiger partial charge in [0.1, 0.15) is 6.61 Å². The molecular weight excluding hydrogens is 364 g/mol. The van der Waals surface area contributed by atoms with Crippen molar-refractivity contribution < 1.29 is 17.9 Å². The van der Waals surface area contributed by atoms with Gasteiger partial charge in [0.25, 0.3) is 0 Å². The summed E-state index contributed by atoms with van der Waals surface area (Å²) in [5.41, 5.74) is 1.40. The van der Waals surface area contributed by atoms with Gasteiger partial charge in [0.05, 0.1) is 10.4 Å². The summed E-state index contributed by atoms with van der Waals surface area (Å²) in [7, 11) is -3.55. The van der Waals surface area contributed by atoms with Crippen LogP contribution in [0.15, 0.2) is 59.5 Å². The van der Waals surface area contributed by atoms with Crippen LogP contribution < -0.4 is 5.32 Å². The van der Waals surface area contributed by atoms with Crippen molar-refractivity contribution in [3.63, 3.8) is 0 Å². The molecule has 0 unspecified atom stereocenters. The number of hydrogen-bond donors (Lipinski definition) is 1. The SMILES string of the molecule is Cc1ccc(S(=O)(=O)N2CC3(NC(=O)OCc4ccccc4)CC2C3)cc1. The second kappa shape index (κ2) is 6.65. The Hall–Kier alpha value is -2.38. The van der Waals surface area contributed by atoms with Crippen LogP contribution in [0.1, 0.15) is 24.0 Å². The van der Waals surface area contributed by atoms with Crippen LogP contribution in [0.3, 0.4) is 0 Å². The molecule has 6 nitrogen and oxygen atoms in total. The van der Waals surface area contributed by atoms with E-state index in [9.17, 15) is 13.2 Å². The van der Waals surface area contributed by atoms with Crippen LogP contribution >= 0.6 is 0 Å². The molecule has 2 aliphatic heterocycles. The topological polar surface area (TPSA) is 75.7 Å². The fourth-order valence-corrected chi connectivity index (χ4v) is 5.56. The minimum absolute atomic E-state index is 0.0641. The Labute approximate surface area is 159 Å². The average molecular weight is 386 g/mol. The molecule has 5 rings (SSSR count). The summed E-state index contributed by atoms with van der Waals surface area (Å²) in [6, 6.07) is 16.2. The predicted octanol–water partition coefficient (Wildman–Crippen LogP) is 2.83. The summed E-state index contributed by atoms with van der Waals surface area (Å²) in [6.45, 7) is 2.40.